The van der Waals surface area contributed by atoms with Crippen LogP contribution in [-0.4, -0.2) is 31.6 Å². The Morgan fingerprint density at radius 1 is 1.28 bits per heavy atom. The highest BCUT2D eigenvalue weighted by Gasteiger charge is 2.22. The van der Waals surface area contributed by atoms with E-state index in [9.17, 15) is 0 Å². The van der Waals surface area contributed by atoms with Crippen molar-refractivity contribution in [1.82, 2.24) is 10.2 Å². The number of benzene rings is 1. The monoisotopic (exact) mass is 244 g/mol. The minimum atomic E-state index is 0.851. The van der Waals surface area contributed by atoms with Crippen molar-refractivity contribution in [2.75, 3.05) is 26.7 Å². The summed E-state index contributed by atoms with van der Waals surface area (Å²) in [7, 11) is 2.06. The fraction of sp³-hybridized carbons (Fsp3) is 0.625. The molecule has 0 spiro atoms. The van der Waals surface area contributed by atoms with Crippen molar-refractivity contribution in [2.24, 2.45) is 5.92 Å². The number of nitrogens with one attached hydrogen (secondary N) is 1. The lowest BCUT2D eigenvalue weighted by molar-refractivity contribution is 0.315. The predicted octanol–water partition coefficient (Wildman–Crippen LogP) is 2.22. The molecule has 98 valence electrons. The summed E-state index contributed by atoms with van der Waals surface area (Å²) in [5, 5.41) is 3.30. The molecular formula is C16H24N2. The number of likely N-dealkylation sites (tertiary alicyclic amines) is 1. The molecule has 1 aromatic carbocycles. The van der Waals surface area contributed by atoms with Crippen LogP contribution in [0, 0.1) is 5.92 Å². The number of fused-ring (bicyclic) bond motifs is 1. The average Bonchev–Trinajstić information content (AvgIpc) is 2.98. The van der Waals surface area contributed by atoms with Gasteiger partial charge >= 0.3 is 0 Å². The summed E-state index contributed by atoms with van der Waals surface area (Å²) < 4.78 is 0. The average molecular weight is 244 g/mol. The topological polar surface area (TPSA) is 15.3 Å². The van der Waals surface area contributed by atoms with E-state index in [1.807, 2.05) is 0 Å². The van der Waals surface area contributed by atoms with E-state index in [-0.39, 0.29) is 0 Å². The zero-order chi connectivity index (χ0) is 12.4. The summed E-state index contributed by atoms with van der Waals surface area (Å²) in [5.41, 5.74) is 4.72. The second kappa shape index (κ2) is 5.41. The SMILES string of the molecule is CNCC1CCN(Cc2ccc3c(c2)CCC3)C1. The van der Waals surface area contributed by atoms with E-state index < -0.39 is 0 Å². The lowest BCUT2D eigenvalue weighted by atomic mass is 10.1. The third-order valence-electron chi connectivity index (χ3n) is 4.43. The molecule has 18 heavy (non-hydrogen) atoms. The predicted molar refractivity (Wildman–Crippen MR) is 75.8 cm³/mol. The molecule has 1 N–H and O–H groups in total. The summed E-state index contributed by atoms with van der Waals surface area (Å²) >= 11 is 0. The first-order valence-electron chi connectivity index (χ1n) is 7.33. The molecule has 1 aliphatic heterocycles. The minimum Gasteiger partial charge on any atom is -0.319 e. The first-order valence-corrected chi connectivity index (χ1v) is 7.33. The molecule has 2 heteroatoms. The number of hydrogen-bond acceptors (Lipinski definition) is 2. The summed E-state index contributed by atoms with van der Waals surface area (Å²) in [4.78, 5) is 2.61. The van der Waals surface area contributed by atoms with Gasteiger partial charge in [-0.05, 0) is 68.4 Å². The molecule has 1 aliphatic carbocycles. The Labute approximate surface area is 110 Å². The van der Waals surface area contributed by atoms with Crippen LogP contribution in [0.25, 0.3) is 0 Å². The van der Waals surface area contributed by atoms with Gasteiger partial charge in [-0.2, -0.15) is 0 Å². The third-order valence-corrected chi connectivity index (χ3v) is 4.43. The van der Waals surface area contributed by atoms with Crippen molar-refractivity contribution in [3.63, 3.8) is 0 Å². The third kappa shape index (κ3) is 2.60. The maximum absolute atomic E-state index is 3.30. The number of nitrogens with zero attached hydrogens (tertiary/aromatic N) is 1. The highest BCUT2D eigenvalue weighted by molar-refractivity contribution is 5.35. The van der Waals surface area contributed by atoms with Gasteiger partial charge in [0.05, 0.1) is 0 Å². The van der Waals surface area contributed by atoms with Gasteiger partial charge in [0.15, 0.2) is 0 Å². The Morgan fingerprint density at radius 2 is 2.17 bits per heavy atom. The van der Waals surface area contributed by atoms with E-state index >= 15 is 0 Å². The first kappa shape index (κ1) is 12.2. The van der Waals surface area contributed by atoms with E-state index in [0.717, 1.165) is 12.5 Å². The van der Waals surface area contributed by atoms with Gasteiger partial charge in [0.25, 0.3) is 0 Å². The molecule has 1 heterocycles. The molecule has 2 aliphatic rings. The van der Waals surface area contributed by atoms with Gasteiger partial charge in [-0.25, -0.2) is 0 Å². The van der Waals surface area contributed by atoms with Crippen molar-refractivity contribution in [3.05, 3.63) is 34.9 Å². The molecule has 0 saturated carbocycles. The van der Waals surface area contributed by atoms with Crippen molar-refractivity contribution in [1.29, 1.82) is 0 Å². The van der Waals surface area contributed by atoms with Gasteiger partial charge in [0, 0.05) is 13.1 Å². The second-order valence-corrected chi connectivity index (χ2v) is 5.90. The van der Waals surface area contributed by atoms with Gasteiger partial charge in [-0.3, -0.25) is 4.90 Å². The van der Waals surface area contributed by atoms with Crippen LogP contribution in [0.5, 0.6) is 0 Å². The Balaban J connectivity index is 1.60. The summed E-state index contributed by atoms with van der Waals surface area (Å²) in [6, 6.07) is 7.15. The van der Waals surface area contributed by atoms with Gasteiger partial charge in [0.2, 0.25) is 0 Å². The van der Waals surface area contributed by atoms with Crippen molar-refractivity contribution in [3.8, 4) is 0 Å². The van der Waals surface area contributed by atoms with E-state index in [4.69, 9.17) is 0 Å². The highest BCUT2D eigenvalue weighted by atomic mass is 15.1. The molecule has 3 rings (SSSR count). The molecule has 0 bridgehead atoms. The zero-order valence-corrected chi connectivity index (χ0v) is 11.4. The lowest BCUT2D eigenvalue weighted by Crippen LogP contribution is -2.24. The smallest absolute Gasteiger partial charge is 0.0233 e. The van der Waals surface area contributed by atoms with Crippen molar-refractivity contribution >= 4 is 0 Å². The molecule has 1 atom stereocenters. The normalized spacial score (nSPS) is 23.5. The largest absolute Gasteiger partial charge is 0.319 e. The van der Waals surface area contributed by atoms with Crippen LogP contribution in [0.2, 0.25) is 0 Å². The van der Waals surface area contributed by atoms with E-state index in [0.29, 0.717) is 0 Å². The summed E-state index contributed by atoms with van der Waals surface area (Å²) in [6.07, 6.45) is 5.30. The molecule has 2 nitrogen and oxygen atoms in total. The second-order valence-electron chi connectivity index (χ2n) is 5.90. The molecule has 0 aromatic heterocycles. The number of hydrogen-bond donors (Lipinski definition) is 1. The summed E-state index contributed by atoms with van der Waals surface area (Å²) in [6.45, 7) is 4.84. The number of rotatable bonds is 4. The van der Waals surface area contributed by atoms with Crippen LogP contribution in [0.4, 0.5) is 0 Å². The fourth-order valence-electron chi connectivity index (χ4n) is 3.49. The van der Waals surface area contributed by atoms with Crippen molar-refractivity contribution in [2.45, 2.75) is 32.2 Å². The lowest BCUT2D eigenvalue weighted by Gasteiger charge is -2.16. The van der Waals surface area contributed by atoms with Crippen LogP contribution in [0.15, 0.2) is 18.2 Å². The van der Waals surface area contributed by atoms with Crippen LogP contribution in [0.3, 0.4) is 0 Å². The van der Waals surface area contributed by atoms with Crippen molar-refractivity contribution < 1.29 is 0 Å². The van der Waals surface area contributed by atoms with Crippen LogP contribution < -0.4 is 5.32 Å². The molecule has 1 fully saturated rings. The number of aryl methyl sites for hydroxylation is 2. The van der Waals surface area contributed by atoms with Gasteiger partial charge in [-0.1, -0.05) is 18.2 Å². The Hall–Kier alpha value is -0.860. The molecule has 0 radical (unpaired) electrons. The maximum atomic E-state index is 3.30. The molecule has 1 unspecified atom stereocenters. The van der Waals surface area contributed by atoms with Crippen LogP contribution in [0.1, 0.15) is 29.5 Å². The molecule has 1 aromatic rings. The Kier molecular flexibility index (Phi) is 3.67. The maximum Gasteiger partial charge on any atom is 0.0233 e. The molecule has 0 amide bonds. The van der Waals surface area contributed by atoms with Gasteiger partial charge < -0.3 is 5.32 Å². The first-order chi connectivity index (χ1) is 8.85. The summed E-state index contributed by atoms with van der Waals surface area (Å²) in [5.74, 6) is 0.851. The van der Waals surface area contributed by atoms with Gasteiger partial charge in [-0.15, -0.1) is 0 Å². The Bertz CT molecular complexity index is 414. The highest BCUT2D eigenvalue weighted by Crippen LogP contribution is 2.24. The fourth-order valence-corrected chi connectivity index (χ4v) is 3.49. The Morgan fingerprint density at radius 3 is 3.06 bits per heavy atom. The zero-order valence-electron chi connectivity index (χ0n) is 11.4. The molecule has 1 saturated heterocycles. The molecular weight excluding hydrogens is 220 g/mol. The van der Waals surface area contributed by atoms with E-state index in [2.05, 4.69) is 35.5 Å². The quantitative estimate of drug-likeness (QED) is 0.873. The standard InChI is InChI=1S/C16H24N2/c1-17-10-14-7-8-18(12-14)11-13-5-6-15-3-2-4-16(15)9-13/h5-6,9,14,17H,2-4,7-8,10-12H2,1H3. The van der Waals surface area contributed by atoms with E-state index in [1.54, 1.807) is 11.1 Å². The van der Waals surface area contributed by atoms with E-state index in [1.165, 1.54) is 50.9 Å². The van der Waals surface area contributed by atoms with Crippen LogP contribution in [-0.2, 0) is 19.4 Å². The minimum absolute atomic E-state index is 0.851. The van der Waals surface area contributed by atoms with Crippen LogP contribution >= 0.6 is 0 Å². The van der Waals surface area contributed by atoms with Gasteiger partial charge in [0.1, 0.15) is 0 Å².